The third-order valence-electron chi connectivity index (χ3n) is 2.87. The second-order valence-electron chi connectivity index (χ2n) is 4.00. The Morgan fingerprint density at radius 1 is 1.19 bits per heavy atom. The number of nitrogens with zero attached hydrogens (tertiary/aromatic N) is 1. The molecule has 16 heavy (non-hydrogen) atoms. The summed E-state index contributed by atoms with van der Waals surface area (Å²) in [6.07, 6.45) is 1.98. The van der Waals surface area contributed by atoms with Crippen LogP contribution in [0.15, 0.2) is 60.0 Å². The maximum Gasteiger partial charge on any atom is 0.0569 e. The normalized spacial score (nSPS) is 16.5. The minimum atomic E-state index is 0.736. The van der Waals surface area contributed by atoms with Crippen LogP contribution in [0.25, 0.3) is 5.70 Å². The molecule has 0 fully saturated rings. The summed E-state index contributed by atoms with van der Waals surface area (Å²) in [4.78, 5) is 2.04. The fraction of sp³-hybridized carbons (Fsp3) is 0.143. The highest BCUT2D eigenvalue weighted by Crippen LogP contribution is 2.31. The van der Waals surface area contributed by atoms with Gasteiger partial charge in [0, 0.05) is 7.05 Å². The monoisotopic (exact) mass is 212 g/mol. The number of hydrogen-bond acceptors (Lipinski definition) is 2. The van der Waals surface area contributed by atoms with Crippen molar-refractivity contribution >= 4 is 5.70 Å². The van der Waals surface area contributed by atoms with Crippen LogP contribution in [0.2, 0.25) is 0 Å². The molecule has 2 N–H and O–H groups in total. The van der Waals surface area contributed by atoms with Gasteiger partial charge >= 0.3 is 0 Å². The van der Waals surface area contributed by atoms with E-state index < -0.39 is 0 Å². The first-order valence-corrected chi connectivity index (χ1v) is 5.27. The summed E-state index contributed by atoms with van der Waals surface area (Å²) >= 11 is 0. The Hall–Kier alpha value is -1.96. The zero-order valence-electron chi connectivity index (χ0n) is 9.70. The fourth-order valence-electron chi connectivity index (χ4n) is 2.00. The van der Waals surface area contributed by atoms with Crippen molar-refractivity contribution in [2.45, 2.75) is 6.92 Å². The molecule has 0 atom stereocenters. The molecule has 0 bridgehead atoms. The van der Waals surface area contributed by atoms with Gasteiger partial charge in [0.15, 0.2) is 0 Å². The summed E-state index contributed by atoms with van der Waals surface area (Å²) in [6.45, 7) is 6.05. The van der Waals surface area contributed by atoms with E-state index in [1.54, 1.807) is 0 Å². The minimum Gasteiger partial charge on any atom is -0.397 e. The molecule has 0 spiro atoms. The Morgan fingerprint density at radius 2 is 1.81 bits per heavy atom. The van der Waals surface area contributed by atoms with E-state index in [4.69, 9.17) is 5.73 Å². The molecule has 0 aromatic heterocycles. The van der Waals surface area contributed by atoms with Gasteiger partial charge in [0.05, 0.1) is 17.1 Å². The Morgan fingerprint density at radius 3 is 2.44 bits per heavy atom. The summed E-state index contributed by atoms with van der Waals surface area (Å²) in [7, 11) is 1.99. The van der Waals surface area contributed by atoms with E-state index in [0.29, 0.717) is 0 Å². The summed E-state index contributed by atoms with van der Waals surface area (Å²) in [5, 5.41) is 0. The zero-order valence-corrected chi connectivity index (χ0v) is 9.70. The lowest BCUT2D eigenvalue weighted by Gasteiger charge is -2.30. The average Bonchev–Trinajstić information content (AvgIpc) is 2.28. The van der Waals surface area contributed by atoms with Crippen LogP contribution >= 0.6 is 0 Å². The van der Waals surface area contributed by atoms with Gasteiger partial charge in [-0.2, -0.15) is 0 Å². The first kappa shape index (κ1) is 10.6. The molecule has 0 saturated carbocycles. The van der Waals surface area contributed by atoms with Crippen LogP contribution in [0.3, 0.4) is 0 Å². The predicted octanol–water partition coefficient (Wildman–Crippen LogP) is 2.72. The molecule has 0 saturated heterocycles. The molecule has 1 aliphatic rings. The quantitative estimate of drug-likeness (QED) is 0.775. The summed E-state index contributed by atoms with van der Waals surface area (Å²) in [6, 6.07) is 10.3. The van der Waals surface area contributed by atoms with E-state index in [9.17, 15) is 0 Å². The van der Waals surface area contributed by atoms with Gasteiger partial charge in [-0.1, -0.05) is 36.9 Å². The van der Waals surface area contributed by atoms with Crippen LogP contribution in [0.1, 0.15) is 12.5 Å². The van der Waals surface area contributed by atoms with Crippen LogP contribution in [0, 0.1) is 0 Å². The standard InChI is InChI=1S/C14H16N2/c1-10-9-13(15)11(2)16(3)14(10)12-7-5-4-6-8-12/h4-9H,2,15H2,1,3H3. The fourth-order valence-corrected chi connectivity index (χ4v) is 2.00. The highest BCUT2D eigenvalue weighted by molar-refractivity contribution is 5.73. The van der Waals surface area contributed by atoms with Gasteiger partial charge in [-0.3, -0.25) is 0 Å². The molecule has 1 heterocycles. The molecule has 0 aliphatic carbocycles. The van der Waals surface area contributed by atoms with Crippen LogP contribution in [-0.2, 0) is 0 Å². The topological polar surface area (TPSA) is 29.3 Å². The van der Waals surface area contributed by atoms with Gasteiger partial charge in [0.1, 0.15) is 0 Å². The SMILES string of the molecule is C=C1C(N)=CC(C)=C(c2ccccc2)N1C. The smallest absolute Gasteiger partial charge is 0.0569 e. The van der Waals surface area contributed by atoms with Gasteiger partial charge in [0.25, 0.3) is 0 Å². The molecule has 1 aromatic carbocycles. The number of nitrogens with two attached hydrogens (primary N) is 1. The summed E-state index contributed by atoms with van der Waals surface area (Å²) < 4.78 is 0. The second-order valence-corrected chi connectivity index (χ2v) is 4.00. The number of likely N-dealkylation sites (N-methyl/N-ethyl adjacent to an activating group) is 1. The predicted molar refractivity (Wildman–Crippen MR) is 68.2 cm³/mol. The molecule has 1 aromatic rings. The number of benzene rings is 1. The first-order chi connectivity index (χ1) is 7.61. The molecule has 1 aliphatic heterocycles. The Balaban J connectivity index is 2.55. The zero-order chi connectivity index (χ0) is 11.7. The van der Waals surface area contributed by atoms with Gasteiger partial charge in [-0.25, -0.2) is 0 Å². The van der Waals surface area contributed by atoms with E-state index in [0.717, 1.165) is 11.4 Å². The van der Waals surface area contributed by atoms with Gasteiger partial charge < -0.3 is 10.6 Å². The van der Waals surface area contributed by atoms with E-state index in [1.165, 1.54) is 16.8 Å². The Labute approximate surface area is 96.4 Å². The van der Waals surface area contributed by atoms with E-state index in [2.05, 4.69) is 25.6 Å². The van der Waals surface area contributed by atoms with Crippen molar-refractivity contribution in [3.05, 3.63) is 65.5 Å². The third kappa shape index (κ3) is 1.63. The highest BCUT2D eigenvalue weighted by Gasteiger charge is 2.18. The molecule has 2 nitrogen and oxygen atoms in total. The molecule has 0 unspecified atom stereocenters. The molecular weight excluding hydrogens is 196 g/mol. The van der Waals surface area contributed by atoms with Crippen molar-refractivity contribution in [3.8, 4) is 0 Å². The van der Waals surface area contributed by atoms with Crippen LogP contribution < -0.4 is 5.73 Å². The van der Waals surface area contributed by atoms with Crippen LogP contribution in [0.5, 0.6) is 0 Å². The second kappa shape index (κ2) is 3.89. The maximum absolute atomic E-state index is 5.89. The lowest BCUT2D eigenvalue weighted by Crippen LogP contribution is -2.24. The first-order valence-electron chi connectivity index (χ1n) is 5.27. The maximum atomic E-state index is 5.89. The minimum absolute atomic E-state index is 0.736. The van der Waals surface area contributed by atoms with Crippen molar-refractivity contribution < 1.29 is 0 Å². The van der Waals surface area contributed by atoms with Crippen molar-refractivity contribution in [2.24, 2.45) is 5.73 Å². The number of hydrogen-bond donors (Lipinski definition) is 1. The largest absolute Gasteiger partial charge is 0.397 e. The summed E-state index contributed by atoms with van der Waals surface area (Å²) in [5.41, 5.74) is 11.0. The number of rotatable bonds is 1. The molecule has 82 valence electrons. The molecule has 0 radical (unpaired) electrons. The van der Waals surface area contributed by atoms with Crippen molar-refractivity contribution in [1.29, 1.82) is 0 Å². The van der Waals surface area contributed by atoms with Crippen molar-refractivity contribution in [3.63, 3.8) is 0 Å². The number of allylic oxidation sites excluding steroid dienone is 2. The highest BCUT2D eigenvalue weighted by atomic mass is 15.1. The lowest BCUT2D eigenvalue weighted by molar-refractivity contribution is 0.596. The van der Waals surface area contributed by atoms with Crippen LogP contribution in [-0.4, -0.2) is 11.9 Å². The van der Waals surface area contributed by atoms with Crippen molar-refractivity contribution in [2.75, 3.05) is 7.05 Å². The molecule has 2 heteroatoms. The molecular formula is C14H16N2. The van der Waals surface area contributed by atoms with E-state index >= 15 is 0 Å². The van der Waals surface area contributed by atoms with Gasteiger partial charge in [-0.05, 0) is 24.1 Å². The van der Waals surface area contributed by atoms with Crippen LogP contribution in [0.4, 0.5) is 0 Å². The average molecular weight is 212 g/mol. The summed E-state index contributed by atoms with van der Waals surface area (Å²) in [5.74, 6) is 0. The van der Waals surface area contributed by atoms with E-state index in [-0.39, 0.29) is 0 Å². The van der Waals surface area contributed by atoms with Crippen molar-refractivity contribution in [1.82, 2.24) is 4.90 Å². The third-order valence-corrected chi connectivity index (χ3v) is 2.87. The Bertz CT molecular complexity index is 481. The van der Waals surface area contributed by atoms with Gasteiger partial charge in [0.2, 0.25) is 0 Å². The Kier molecular flexibility index (Phi) is 2.57. The molecule has 0 amide bonds. The molecule has 2 rings (SSSR count). The van der Waals surface area contributed by atoms with E-state index in [1.807, 2.05) is 36.2 Å². The lowest BCUT2D eigenvalue weighted by atomic mass is 10.0. The van der Waals surface area contributed by atoms with Gasteiger partial charge in [-0.15, -0.1) is 0 Å².